The topological polar surface area (TPSA) is 125 Å². The summed E-state index contributed by atoms with van der Waals surface area (Å²) in [6, 6.07) is 13.0. The number of anilines is 1. The molecule has 0 atom stereocenters. The summed E-state index contributed by atoms with van der Waals surface area (Å²) in [5.74, 6) is -0.566. The molecule has 230 valence electrons. The van der Waals surface area contributed by atoms with Gasteiger partial charge in [0.05, 0.1) is 11.9 Å². The molecule has 15 heteroatoms. The van der Waals surface area contributed by atoms with Crippen molar-refractivity contribution in [3.63, 3.8) is 0 Å². The zero-order chi connectivity index (χ0) is 30.9. The third-order valence-electron chi connectivity index (χ3n) is 6.10. The normalized spacial score (nSPS) is 14.2. The van der Waals surface area contributed by atoms with Crippen molar-refractivity contribution in [2.24, 2.45) is 0 Å². The van der Waals surface area contributed by atoms with Crippen molar-refractivity contribution >= 4 is 21.7 Å². The second-order valence-electron chi connectivity index (χ2n) is 9.52. The molecule has 0 spiro atoms. The summed E-state index contributed by atoms with van der Waals surface area (Å²) in [4.78, 5) is 16.9. The molecular formula is C27H32F4N4O6S. The molecule has 0 unspecified atom stereocenters. The minimum absolute atomic E-state index is 0.118. The van der Waals surface area contributed by atoms with Gasteiger partial charge in [-0.2, -0.15) is 21.6 Å². The zero-order valence-electron chi connectivity index (χ0n) is 23.0. The molecule has 2 heterocycles. The number of alkyl halides is 3. The van der Waals surface area contributed by atoms with Crippen molar-refractivity contribution in [2.45, 2.75) is 19.5 Å². The lowest BCUT2D eigenvalue weighted by Gasteiger charge is -2.36. The van der Waals surface area contributed by atoms with E-state index in [0.29, 0.717) is 68.1 Å². The van der Waals surface area contributed by atoms with Gasteiger partial charge in [0.1, 0.15) is 28.6 Å². The molecule has 3 aromatic rings. The van der Waals surface area contributed by atoms with Gasteiger partial charge in [-0.25, -0.2) is 4.39 Å². The number of nitrogens with one attached hydrogen (secondary N) is 1. The summed E-state index contributed by atoms with van der Waals surface area (Å²) in [6.07, 6.45) is -3.08. The van der Waals surface area contributed by atoms with Gasteiger partial charge in [0.25, 0.3) is 16.0 Å². The van der Waals surface area contributed by atoms with E-state index >= 15 is 0 Å². The lowest BCUT2D eigenvalue weighted by Crippen LogP contribution is -2.47. The van der Waals surface area contributed by atoms with Crippen molar-refractivity contribution in [1.29, 1.82) is 0 Å². The van der Waals surface area contributed by atoms with Crippen LogP contribution in [-0.4, -0.2) is 87.2 Å². The number of halogens is 4. The molecule has 1 aromatic heterocycles. The van der Waals surface area contributed by atoms with Gasteiger partial charge in [-0.3, -0.25) is 14.2 Å². The smallest absolute Gasteiger partial charge is 0.422 e. The van der Waals surface area contributed by atoms with Gasteiger partial charge in [0.15, 0.2) is 6.61 Å². The number of rotatable bonds is 9. The van der Waals surface area contributed by atoms with E-state index in [1.807, 2.05) is 35.2 Å². The summed E-state index contributed by atoms with van der Waals surface area (Å²) >= 11 is 0. The van der Waals surface area contributed by atoms with Crippen LogP contribution in [0.3, 0.4) is 0 Å². The molecule has 1 aliphatic heterocycles. The second-order valence-corrected chi connectivity index (χ2v) is 11.0. The highest BCUT2D eigenvalue weighted by molar-refractivity contribution is 7.85. The van der Waals surface area contributed by atoms with Crippen LogP contribution in [0.4, 0.5) is 23.2 Å². The first-order chi connectivity index (χ1) is 19.7. The molecule has 0 aliphatic carbocycles. The minimum Gasteiger partial charge on any atom is -0.482 e. The van der Waals surface area contributed by atoms with Crippen molar-refractivity contribution in [3.8, 4) is 17.0 Å². The van der Waals surface area contributed by atoms with Gasteiger partial charge in [-0.05, 0) is 32.0 Å². The highest BCUT2D eigenvalue weighted by Gasteiger charge is 2.30. The summed E-state index contributed by atoms with van der Waals surface area (Å²) in [7, 11) is -3.67. The minimum atomic E-state index is -4.51. The molecule has 1 saturated heterocycles. The van der Waals surface area contributed by atoms with E-state index in [-0.39, 0.29) is 11.7 Å². The molecule has 4 rings (SSSR count). The van der Waals surface area contributed by atoms with Gasteiger partial charge in [0.2, 0.25) is 0 Å². The van der Waals surface area contributed by atoms with Crippen LogP contribution in [0.25, 0.3) is 11.3 Å². The Kier molecular flexibility index (Phi) is 11.3. The molecule has 1 aliphatic rings. The first-order valence-corrected chi connectivity index (χ1v) is 14.7. The number of aromatic nitrogens is 1. The maximum absolute atomic E-state index is 13.6. The van der Waals surface area contributed by atoms with Crippen LogP contribution in [0.15, 0.2) is 53.1 Å². The summed E-state index contributed by atoms with van der Waals surface area (Å²) in [5.41, 5.74) is 2.17. The molecule has 2 N–H and O–H groups in total. The Balaban J connectivity index is 0.000000892. The average Bonchev–Trinajstić information content (AvgIpc) is 3.31. The van der Waals surface area contributed by atoms with Gasteiger partial charge in [-0.1, -0.05) is 35.5 Å². The Hall–Kier alpha value is -3.69. The van der Waals surface area contributed by atoms with Crippen molar-refractivity contribution in [3.05, 3.63) is 65.7 Å². The number of aryl methyl sites for hydroxylation is 1. The van der Waals surface area contributed by atoms with E-state index in [0.717, 1.165) is 18.2 Å². The van der Waals surface area contributed by atoms with E-state index in [9.17, 15) is 30.8 Å². The molecule has 1 fully saturated rings. The van der Waals surface area contributed by atoms with Crippen LogP contribution >= 0.6 is 0 Å². The standard InChI is InChI=1S/C26H28F4N4O3.CH4O3S/c1-18-23(24(32-37-18)19-6-3-2-4-7-19)25(35)31-10-5-11-33-12-14-34(15-13-33)21-9-8-20(27)16-22(21)36-17-26(28,29)30;1-5(2,3)4/h2-4,6-9,16H,5,10-15,17H2,1H3,(H,31,35);1H3,(H,2,3,4). The molecular weight excluding hydrogens is 584 g/mol. The van der Waals surface area contributed by atoms with Crippen LogP contribution in [0.2, 0.25) is 0 Å². The maximum atomic E-state index is 13.6. The van der Waals surface area contributed by atoms with E-state index in [2.05, 4.69) is 15.4 Å². The fourth-order valence-electron chi connectivity index (χ4n) is 4.26. The Morgan fingerprint density at radius 1 is 1.12 bits per heavy atom. The predicted molar refractivity (Wildman–Crippen MR) is 148 cm³/mol. The number of ether oxygens (including phenoxy) is 1. The number of hydrogen-bond donors (Lipinski definition) is 2. The molecule has 42 heavy (non-hydrogen) atoms. The van der Waals surface area contributed by atoms with Crippen LogP contribution in [0, 0.1) is 12.7 Å². The Morgan fingerprint density at radius 2 is 1.76 bits per heavy atom. The van der Waals surface area contributed by atoms with Crippen LogP contribution in [0.5, 0.6) is 5.75 Å². The molecule has 0 saturated carbocycles. The average molecular weight is 617 g/mol. The number of hydrogen-bond acceptors (Lipinski definition) is 8. The van der Waals surface area contributed by atoms with E-state index in [1.54, 1.807) is 6.92 Å². The number of benzene rings is 2. The third kappa shape index (κ3) is 10.6. The molecule has 0 bridgehead atoms. The van der Waals surface area contributed by atoms with Gasteiger partial charge >= 0.3 is 6.18 Å². The lowest BCUT2D eigenvalue weighted by molar-refractivity contribution is -0.153. The SMILES string of the molecule is CS(=O)(=O)O.Cc1onc(-c2ccccc2)c1C(=O)NCCCN1CCN(c2ccc(F)cc2OCC(F)(F)F)CC1. The lowest BCUT2D eigenvalue weighted by atomic mass is 10.1. The van der Waals surface area contributed by atoms with Gasteiger partial charge in [0, 0.05) is 44.4 Å². The fraction of sp³-hybridized carbons (Fsp3) is 0.407. The highest BCUT2D eigenvalue weighted by atomic mass is 32.2. The number of amides is 1. The van der Waals surface area contributed by atoms with Crippen molar-refractivity contribution in [2.75, 3.05) is 57.0 Å². The van der Waals surface area contributed by atoms with Crippen LogP contribution in [-0.2, 0) is 10.1 Å². The summed E-state index contributed by atoms with van der Waals surface area (Å²) < 4.78 is 87.4. The zero-order valence-corrected chi connectivity index (χ0v) is 23.8. The monoisotopic (exact) mass is 616 g/mol. The van der Waals surface area contributed by atoms with Crippen LogP contribution in [0.1, 0.15) is 22.5 Å². The first kappa shape index (κ1) is 32.8. The Morgan fingerprint density at radius 3 is 2.38 bits per heavy atom. The predicted octanol–water partition coefficient (Wildman–Crippen LogP) is 4.18. The van der Waals surface area contributed by atoms with E-state index < -0.39 is 28.7 Å². The molecule has 2 aromatic carbocycles. The maximum Gasteiger partial charge on any atom is 0.422 e. The largest absolute Gasteiger partial charge is 0.482 e. The highest BCUT2D eigenvalue weighted by Crippen LogP contribution is 2.31. The Bertz CT molecular complexity index is 1420. The number of piperazine rings is 1. The van der Waals surface area contributed by atoms with Crippen molar-refractivity contribution < 1.29 is 44.6 Å². The van der Waals surface area contributed by atoms with Crippen LogP contribution < -0.4 is 15.0 Å². The quantitative estimate of drug-likeness (QED) is 0.207. The summed E-state index contributed by atoms with van der Waals surface area (Å²) in [5, 5.41) is 6.97. The van der Waals surface area contributed by atoms with E-state index in [1.165, 1.54) is 12.1 Å². The molecule has 10 nitrogen and oxygen atoms in total. The number of carbonyl (C=O) groups excluding carboxylic acids is 1. The third-order valence-corrected chi connectivity index (χ3v) is 6.10. The Labute approximate surface area is 241 Å². The molecule has 1 amide bonds. The number of carbonyl (C=O) groups is 1. The first-order valence-electron chi connectivity index (χ1n) is 12.9. The van der Waals surface area contributed by atoms with Gasteiger partial charge in [-0.15, -0.1) is 0 Å². The number of nitrogens with zero attached hydrogens (tertiary/aromatic N) is 3. The van der Waals surface area contributed by atoms with E-state index in [4.69, 9.17) is 13.8 Å². The van der Waals surface area contributed by atoms with Crippen molar-refractivity contribution in [1.82, 2.24) is 15.4 Å². The fourth-order valence-corrected chi connectivity index (χ4v) is 4.26. The molecule has 0 radical (unpaired) electrons. The van der Waals surface area contributed by atoms with Gasteiger partial charge < -0.3 is 19.5 Å². The second kappa shape index (κ2) is 14.5. The summed E-state index contributed by atoms with van der Waals surface area (Å²) in [6.45, 7) is 3.89.